The first kappa shape index (κ1) is 19.4. The predicted molar refractivity (Wildman–Crippen MR) is 102 cm³/mol. The van der Waals surface area contributed by atoms with E-state index in [9.17, 15) is 9.59 Å². The lowest BCUT2D eigenvalue weighted by atomic mass is 10.2. The molecule has 0 saturated heterocycles. The number of nitrogens with one attached hydrogen (secondary N) is 2. The molecule has 2 aromatic rings. The van der Waals surface area contributed by atoms with E-state index in [0.717, 1.165) is 12.8 Å². The third-order valence-corrected chi connectivity index (χ3v) is 3.57. The molecule has 1 aromatic heterocycles. The van der Waals surface area contributed by atoms with Gasteiger partial charge in [-0.1, -0.05) is 25.5 Å². The van der Waals surface area contributed by atoms with Gasteiger partial charge in [-0.15, -0.1) is 0 Å². The van der Waals surface area contributed by atoms with E-state index in [0.29, 0.717) is 23.5 Å². The molecule has 2 N–H and O–H groups in total. The van der Waals surface area contributed by atoms with Gasteiger partial charge in [-0.3, -0.25) is 14.6 Å². The minimum Gasteiger partial charge on any atom is -0.489 e. The minimum absolute atomic E-state index is 0.0127. The monoisotopic (exact) mass is 355 g/mol. The van der Waals surface area contributed by atoms with E-state index in [-0.39, 0.29) is 17.7 Å². The summed E-state index contributed by atoms with van der Waals surface area (Å²) in [5, 5.41) is 5.62. The summed E-state index contributed by atoms with van der Waals surface area (Å²) in [4.78, 5) is 28.7. The lowest BCUT2D eigenvalue weighted by Gasteiger charge is -2.14. The van der Waals surface area contributed by atoms with Gasteiger partial charge in [0.25, 0.3) is 11.8 Å². The van der Waals surface area contributed by atoms with E-state index in [1.165, 1.54) is 12.3 Å². The fraction of sp³-hybridized carbons (Fsp3) is 0.350. The molecule has 0 saturated carbocycles. The summed E-state index contributed by atoms with van der Waals surface area (Å²) in [6.45, 7) is 6.50. The molecular weight excluding hydrogens is 330 g/mol. The largest absolute Gasteiger partial charge is 0.489 e. The second-order valence-electron chi connectivity index (χ2n) is 6.16. The number of carbonyl (C=O) groups is 2. The van der Waals surface area contributed by atoms with E-state index in [2.05, 4.69) is 22.5 Å². The quantitative estimate of drug-likeness (QED) is 0.708. The summed E-state index contributed by atoms with van der Waals surface area (Å²) < 4.78 is 5.70. The number of carbonyl (C=O) groups excluding carboxylic acids is 2. The number of para-hydroxylation sites is 2. The van der Waals surface area contributed by atoms with Crippen molar-refractivity contribution < 1.29 is 14.3 Å². The van der Waals surface area contributed by atoms with E-state index in [1.54, 1.807) is 18.2 Å². The molecule has 6 heteroatoms. The zero-order valence-electron chi connectivity index (χ0n) is 15.4. The van der Waals surface area contributed by atoms with Crippen molar-refractivity contribution >= 4 is 17.5 Å². The number of unbranched alkanes of at least 4 members (excludes halogenated alkanes) is 1. The number of amides is 2. The Morgan fingerprint density at radius 2 is 1.92 bits per heavy atom. The van der Waals surface area contributed by atoms with Crippen molar-refractivity contribution in [3.05, 3.63) is 53.9 Å². The Morgan fingerprint density at radius 1 is 1.15 bits per heavy atom. The van der Waals surface area contributed by atoms with E-state index in [1.807, 2.05) is 26.0 Å². The number of rotatable bonds is 8. The van der Waals surface area contributed by atoms with Gasteiger partial charge in [-0.05, 0) is 44.5 Å². The van der Waals surface area contributed by atoms with Crippen LogP contribution in [-0.2, 0) is 0 Å². The van der Waals surface area contributed by atoms with Crippen molar-refractivity contribution in [2.75, 3.05) is 11.9 Å². The number of aromatic nitrogens is 1. The van der Waals surface area contributed by atoms with Crippen molar-refractivity contribution in [2.24, 2.45) is 0 Å². The highest BCUT2D eigenvalue weighted by Gasteiger charge is 2.14. The van der Waals surface area contributed by atoms with Crippen molar-refractivity contribution in [1.29, 1.82) is 0 Å². The molecular formula is C20H25N3O3. The lowest BCUT2D eigenvalue weighted by molar-refractivity contribution is 0.0953. The Labute approximate surface area is 154 Å². The summed E-state index contributed by atoms with van der Waals surface area (Å²) in [7, 11) is 0. The fourth-order valence-corrected chi connectivity index (χ4v) is 2.29. The van der Waals surface area contributed by atoms with Crippen LogP contribution < -0.4 is 15.4 Å². The molecule has 1 heterocycles. The number of pyridine rings is 1. The first-order chi connectivity index (χ1) is 12.5. The van der Waals surface area contributed by atoms with Crippen LogP contribution in [0.1, 0.15) is 54.5 Å². The molecule has 0 atom stereocenters. The Kier molecular flexibility index (Phi) is 7.14. The van der Waals surface area contributed by atoms with Crippen LogP contribution in [0.15, 0.2) is 42.6 Å². The van der Waals surface area contributed by atoms with Crippen LogP contribution in [0.2, 0.25) is 0 Å². The zero-order valence-corrected chi connectivity index (χ0v) is 15.4. The molecule has 0 fully saturated rings. The zero-order chi connectivity index (χ0) is 18.9. The Hall–Kier alpha value is -2.89. The Morgan fingerprint density at radius 3 is 2.65 bits per heavy atom. The number of hydrogen-bond donors (Lipinski definition) is 2. The van der Waals surface area contributed by atoms with Gasteiger partial charge in [-0.25, -0.2) is 0 Å². The summed E-state index contributed by atoms with van der Waals surface area (Å²) in [5.41, 5.74) is 1.14. The summed E-state index contributed by atoms with van der Waals surface area (Å²) in [5.74, 6) is -0.0178. The molecule has 138 valence electrons. The van der Waals surface area contributed by atoms with Crippen molar-refractivity contribution in [3.63, 3.8) is 0 Å². The first-order valence-corrected chi connectivity index (χ1v) is 8.82. The second kappa shape index (κ2) is 9.56. The second-order valence-corrected chi connectivity index (χ2v) is 6.16. The van der Waals surface area contributed by atoms with Crippen LogP contribution in [0.25, 0.3) is 0 Å². The summed E-state index contributed by atoms with van der Waals surface area (Å²) in [6.07, 6.45) is 3.36. The molecule has 2 amide bonds. The van der Waals surface area contributed by atoms with Gasteiger partial charge in [0.1, 0.15) is 11.4 Å². The van der Waals surface area contributed by atoms with Crippen LogP contribution >= 0.6 is 0 Å². The summed E-state index contributed by atoms with van der Waals surface area (Å²) >= 11 is 0. The third kappa shape index (κ3) is 5.58. The molecule has 26 heavy (non-hydrogen) atoms. The Bertz CT molecular complexity index is 759. The number of hydrogen-bond acceptors (Lipinski definition) is 4. The maximum absolute atomic E-state index is 12.5. The molecule has 0 aliphatic rings. The number of anilines is 1. The normalized spacial score (nSPS) is 10.5. The third-order valence-electron chi connectivity index (χ3n) is 3.57. The average Bonchev–Trinajstić information content (AvgIpc) is 2.63. The van der Waals surface area contributed by atoms with Gasteiger partial charge in [0, 0.05) is 18.3 Å². The average molecular weight is 355 g/mol. The maximum atomic E-state index is 12.5. The van der Waals surface area contributed by atoms with Crippen molar-refractivity contribution in [1.82, 2.24) is 10.3 Å². The van der Waals surface area contributed by atoms with Gasteiger partial charge in [-0.2, -0.15) is 0 Å². The molecule has 0 aliphatic carbocycles. The molecule has 0 unspecified atom stereocenters. The highest BCUT2D eigenvalue weighted by molar-refractivity contribution is 6.05. The van der Waals surface area contributed by atoms with Crippen molar-refractivity contribution in [2.45, 2.75) is 39.7 Å². The van der Waals surface area contributed by atoms with Gasteiger partial charge < -0.3 is 15.4 Å². The maximum Gasteiger partial charge on any atom is 0.274 e. The van der Waals surface area contributed by atoms with Crippen LogP contribution in [0.3, 0.4) is 0 Å². The number of nitrogens with zero attached hydrogens (tertiary/aromatic N) is 1. The van der Waals surface area contributed by atoms with E-state index in [4.69, 9.17) is 4.74 Å². The summed E-state index contributed by atoms with van der Waals surface area (Å²) in [6, 6.07) is 10.3. The minimum atomic E-state index is -0.395. The number of benzene rings is 1. The molecule has 0 aliphatic heterocycles. The fourth-order valence-electron chi connectivity index (χ4n) is 2.29. The van der Waals surface area contributed by atoms with Gasteiger partial charge >= 0.3 is 0 Å². The molecule has 1 aromatic carbocycles. The van der Waals surface area contributed by atoms with Crippen LogP contribution in [0.4, 0.5) is 5.69 Å². The van der Waals surface area contributed by atoms with E-state index < -0.39 is 5.91 Å². The molecule has 2 rings (SSSR count). The Balaban J connectivity index is 2.11. The van der Waals surface area contributed by atoms with Crippen LogP contribution in [0.5, 0.6) is 5.75 Å². The van der Waals surface area contributed by atoms with Crippen LogP contribution in [0, 0.1) is 0 Å². The van der Waals surface area contributed by atoms with E-state index >= 15 is 0 Å². The number of ether oxygens (including phenoxy) is 1. The molecule has 0 bridgehead atoms. The lowest BCUT2D eigenvalue weighted by Crippen LogP contribution is -2.25. The highest BCUT2D eigenvalue weighted by Crippen LogP contribution is 2.25. The topological polar surface area (TPSA) is 80.3 Å². The van der Waals surface area contributed by atoms with Crippen LogP contribution in [-0.4, -0.2) is 29.4 Å². The first-order valence-electron chi connectivity index (χ1n) is 8.82. The predicted octanol–water partition coefficient (Wildman–Crippen LogP) is 3.65. The molecule has 0 radical (unpaired) electrons. The SMILES string of the molecule is CCCCNC(=O)c1ccnc(C(=O)Nc2ccccc2OC(C)C)c1. The molecule has 6 nitrogen and oxygen atoms in total. The standard InChI is InChI=1S/C20H25N3O3/c1-4-5-11-22-19(24)15-10-12-21-17(13-15)20(25)23-16-8-6-7-9-18(16)26-14(2)3/h6-10,12-14H,4-5,11H2,1-3H3,(H,22,24)(H,23,25). The van der Waals surface area contributed by atoms with Gasteiger partial charge in [0.05, 0.1) is 11.8 Å². The van der Waals surface area contributed by atoms with Crippen molar-refractivity contribution in [3.8, 4) is 5.75 Å². The van der Waals surface area contributed by atoms with Gasteiger partial charge in [0.2, 0.25) is 0 Å². The highest BCUT2D eigenvalue weighted by atomic mass is 16.5. The van der Waals surface area contributed by atoms with Gasteiger partial charge in [0.15, 0.2) is 0 Å². The smallest absolute Gasteiger partial charge is 0.274 e. The molecule has 0 spiro atoms.